The molecule has 4 rings (SSSR count). The number of carbonyl (C=O) groups is 1. The van der Waals surface area contributed by atoms with E-state index in [4.69, 9.17) is 25.8 Å². The van der Waals surface area contributed by atoms with E-state index in [1.165, 1.54) is 0 Å². The maximum atomic E-state index is 12.4. The number of hydrogen-bond acceptors (Lipinski definition) is 5. The molecule has 1 aliphatic rings. The lowest BCUT2D eigenvalue weighted by molar-refractivity contribution is -0.120. The molecule has 0 atom stereocenters. The van der Waals surface area contributed by atoms with Gasteiger partial charge in [0.25, 0.3) is 0 Å². The first-order valence-corrected chi connectivity index (χ1v) is 12.8. The van der Waals surface area contributed by atoms with E-state index in [0.717, 1.165) is 60.9 Å². The second-order valence-electron chi connectivity index (χ2n) is 8.68. The third kappa shape index (κ3) is 7.72. The molecule has 3 aromatic carbocycles. The largest absolute Gasteiger partial charge is 0.494 e. The van der Waals surface area contributed by atoms with Gasteiger partial charge in [0.05, 0.1) is 31.3 Å². The monoisotopic (exact) mass is 508 g/mol. The zero-order valence-electron chi connectivity index (χ0n) is 20.7. The van der Waals surface area contributed by atoms with E-state index < -0.39 is 0 Å². The van der Waals surface area contributed by atoms with Gasteiger partial charge < -0.3 is 19.5 Å². The molecular formula is C29H33ClN2O4. The normalized spacial score (nSPS) is 13.8. The minimum Gasteiger partial charge on any atom is -0.494 e. The Bertz CT molecular complexity index is 1130. The summed E-state index contributed by atoms with van der Waals surface area (Å²) in [5.74, 6) is 1.48. The Morgan fingerprint density at radius 3 is 2.50 bits per heavy atom. The smallest absolute Gasteiger partial charge is 0.224 e. The van der Waals surface area contributed by atoms with Crippen LogP contribution in [0.2, 0.25) is 5.02 Å². The Morgan fingerprint density at radius 2 is 1.75 bits per heavy atom. The molecule has 0 bridgehead atoms. The van der Waals surface area contributed by atoms with Crippen molar-refractivity contribution < 1.29 is 19.0 Å². The van der Waals surface area contributed by atoms with Gasteiger partial charge in [0, 0.05) is 26.2 Å². The first-order chi connectivity index (χ1) is 17.6. The molecule has 3 aromatic rings. The number of amides is 1. The van der Waals surface area contributed by atoms with Gasteiger partial charge in [-0.2, -0.15) is 0 Å². The highest BCUT2D eigenvalue weighted by atomic mass is 35.5. The van der Waals surface area contributed by atoms with Crippen molar-refractivity contribution in [3.8, 4) is 22.6 Å². The van der Waals surface area contributed by atoms with Crippen molar-refractivity contribution in [1.82, 2.24) is 10.2 Å². The first-order valence-electron chi connectivity index (χ1n) is 12.4. The number of carbonyl (C=O) groups excluding carboxylic acids is 1. The minimum absolute atomic E-state index is 0.0220. The van der Waals surface area contributed by atoms with Gasteiger partial charge >= 0.3 is 0 Å². The van der Waals surface area contributed by atoms with E-state index >= 15 is 0 Å². The summed E-state index contributed by atoms with van der Waals surface area (Å²) in [4.78, 5) is 14.8. The molecule has 0 radical (unpaired) electrons. The van der Waals surface area contributed by atoms with E-state index in [1.54, 1.807) is 0 Å². The molecule has 0 aromatic heterocycles. The quantitative estimate of drug-likeness (QED) is 0.396. The molecule has 0 saturated carbocycles. The molecule has 1 aliphatic heterocycles. The predicted octanol–water partition coefficient (Wildman–Crippen LogP) is 4.98. The van der Waals surface area contributed by atoms with Gasteiger partial charge in [0.2, 0.25) is 5.91 Å². The summed E-state index contributed by atoms with van der Waals surface area (Å²) in [7, 11) is 0. The van der Waals surface area contributed by atoms with E-state index in [2.05, 4.69) is 10.2 Å². The first kappa shape index (κ1) is 26.0. The Kier molecular flexibility index (Phi) is 9.61. The van der Waals surface area contributed by atoms with Crippen LogP contribution in [-0.2, 0) is 22.5 Å². The van der Waals surface area contributed by atoms with Crippen LogP contribution in [0, 0.1) is 0 Å². The molecule has 1 heterocycles. The van der Waals surface area contributed by atoms with Crippen molar-refractivity contribution in [2.75, 3.05) is 46.1 Å². The van der Waals surface area contributed by atoms with Crippen LogP contribution in [0.1, 0.15) is 18.1 Å². The van der Waals surface area contributed by atoms with Gasteiger partial charge in [0.1, 0.15) is 18.1 Å². The number of nitrogens with one attached hydrogen (secondary N) is 1. The maximum absolute atomic E-state index is 12.4. The molecule has 0 unspecified atom stereocenters. The van der Waals surface area contributed by atoms with Gasteiger partial charge in [0.15, 0.2) is 0 Å². The number of rotatable bonds is 11. The lowest BCUT2D eigenvalue weighted by Gasteiger charge is -2.26. The van der Waals surface area contributed by atoms with Crippen molar-refractivity contribution in [2.24, 2.45) is 0 Å². The minimum atomic E-state index is -0.0220. The van der Waals surface area contributed by atoms with Crippen molar-refractivity contribution in [2.45, 2.75) is 19.9 Å². The number of ether oxygens (including phenoxy) is 3. The Hall–Kier alpha value is -3.06. The highest BCUT2D eigenvalue weighted by Crippen LogP contribution is 2.30. The topological polar surface area (TPSA) is 60.0 Å². The summed E-state index contributed by atoms with van der Waals surface area (Å²) < 4.78 is 16.8. The zero-order valence-corrected chi connectivity index (χ0v) is 21.4. The molecule has 36 heavy (non-hydrogen) atoms. The van der Waals surface area contributed by atoms with Crippen LogP contribution >= 0.6 is 11.6 Å². The lowest BCUT2D eigenvalue weighted by Crippen LogP contribution is -2.38. The van der Waals surface area contributed by atoms with Crippen LogP contribution in [0.15, 0.2) is 66.7 Å². The fourth-order valence-electron chi connectivity index (χ4n) is 4.08. The summed E-state index contributed by atoms with van der Waals surface area (Å²) in [6.07, 6.45) is 0.322. The zero-order chi connectivity index (χ0) is 25.2. The molecule has 190 valence electrons. The number of halogens is 1. The summed E-state index contributed by atoms with van der Waals surface area (Å²) in [5.41, 5.74) is 4.00. The molecule has 1 fully saturated rings. The Balaban J connectivity index is 1.26. The van der Waals surface area contributed by atoms with Gasteiger partial charge in [-0.05, 0) is 53.4 Å². The highest BCUT2D eigenvalue weighted by Gasteiger charge is 2.11. The van der Waals surface area contributed by atoms with Crippen LogP contribution < -0.4 is 14.8 Å². The van der Waals surface area contributed by atoms with Gasteiger partial charge in [-0.3, -0.25) is 9.69 Å². The molecule has 0 spiro atoms. The Morgan fingerprint density at radius 1 is 0.972 bits per heavy atom. The summed E-state index contributed by atoms with van der Waals surface area (Å²) in [6, 6.07) is 21.6. The number of benzene rings is 3. The Labute approximate surface area is 218 Å². The van der Waals surface area contributed by atoms with Crippen LogP contribution in [0.4, 0.5) is 0 Å². The van der Waals surface area contributed by atoms with Crippen LogP contribution in [0.25, 0.3) is 11.1 Å². The van der Waals surface area contributed by atoms with E-state index in [0.29, 0.717) is 37.0 Å². The molecular weight excluding hydrogens is 476 g/mol. The van der Waals surface area contributed by atoms with Gasteiger partial charge in [-0.15, -0.1) is 0 Å². The van der Waals surface area contributed by atoms with Gasteiger partial charge in [-0.25, -0.2) is 0 Å². The summed E-state index contributed by atoms with van der Waals surface area (Å²) >= 11 is 6.49. The van der Waals surface area contributed by atoms with Crippen molar-refractivity contribution in [3.63, 3.8) is 0 Å². The summed E-state index contributed by atoms with van der Waals surface area (Å²) in [5, 5.41) is 3.57. The second-order valence-corrected chi connectivity index (χ2v) is 9.09. The van der Waals surface area contributed by atoms with E-state index in [1.807, 2.05) is 73.7 Å². The fourth-order valence-corrected chi connectivity index (χ4v) is 4.32. The third-order valence-electron chi connectivity index (χ3n) is 6.05. The predicted molar refractivity (Wildman–Crippen MR) is 143 cm³/mol. The van der Waals surface area contributed by atoms with Crippen molar-refractivity contribution >= 4 is 17.5 Å². The van der Waals surface area contributed by atoms with Crippen LogP contribution in [0.5, 0.6) is 11.5 Å². The lowest BCUT2D eigenvalue weighted by atomic mass is 10.0. The second kappa shape index (κ2) is 13.3. The number of hydrogen-bond donors (Lipinski definition) is 1. The van der Waals surface area contributed by atoms with Crippen LogP contribution in [-0.4, -0.2) is 56.9 Å². The SMILES string of the molecule is CCOc1cccc(CNC(=O)Cc2ccc(-c3ccc(OCCN4CCOCC4)c(Cl)c3)cc2)c1. The molecule has 1 saturated heterocycles. The van der Waals surface area contributed by atoms with Crippen molar-refractivity contribution in [1.29, 1.82) is 0 Å². The average molecular weight is 509 g/mol. The van der Waals surface area contributed by atoms with E-state index in [-0.39, 0.29) is 5.91 Å². The van der Waals surface area contributed by atoms with Gasteiger partial charge in [-0.1, -0.05) is 54.1 Å². The third-order valence-corrected chi connectivity index (χ3v) is 6.35. The molecule has 1 N–H and O–H groups in total. The molecule has 7 heteroatoms. The fraction of sp³-hybridized carbons (Fsp3) is 0.345. The standard InChI is InChI=1S/C29H33ClN2O4/c1-2-35-26-5-3-4-23(18-26)21-31-29(33)19-22-6-8-24(9-7-22)25-10-11-28(27(30)20-25)36-17-14-32-12-15-34-16-13-32/h3-11,18,20H,2,12-17,19,21H2,1H3,(H,31,33). The molecule has 0 aliphatic carbocycles. The average Bonchev–Trinajstić information content (AvgIpc) is 2.90. The molecule has 1 amide bonds. The molecule has 6 nitrogen and oxygen atoms in total. The highest BCUT2D eigenvalue weighted by molar-refractivity contribution is 6.32. The maximum Gasteiger partial charge on any atom is 0.224 e. The van der Waals surface area contributed by atoms with Crippen molar-refractivity contribution in [3.05, 3.63) is 82.9 Å². The number of nitrogens with zero attached hydrogens (tertiary/aromatic N) is 1. The van der Waals surface area contributed by atoms with E-state index in [9.17, 15) is 4.79 Å². The van der Waals surface area contributed by atoms with Crippen LogP contribution in [0.3, 0.4) is 0 Å². The summed E-state index contributed by atoms with van der Waals surface area (Å²) in [6.45, 7) is 7.93. The number of morpholine rings is 1.